The number of likely N-dealkylation sites (tertiary alicyclic amines) is 1. The zero-order valence-corrected chi connectivity index (χ0v) is 18.1. The molecule has 1 aliphatic carbocycles. The maximum Gasteiger partial charge on any atom is 0.270 e. The summed E-state index contributed by atoms with van der Waals surface area (Å²) in [7, 11) is 0. The quantitative estimate of drug-likeness (QED) is 0.726. The molecule has 4 heterocycles. The maximum atomic E-state index is 13.9. The number of carbonyl (C=O) groups is 1. The highest BCUT2D eigenvalue weighted by Gasteiger charge is 2.48. The van der Waals surface area contributed by atoms with Gasteiger partial charge in [-0.1, -0.05) is 18.6 Å². The molecule has 31 heavy (non-hydrogen) atoms. The Labute approximate surface area is 184 Å². The van der Waals surface area contributed by atoms with E-state index in [9.17, 15) is 9.18 Å². The van der Waals surface area contributed by atoms with E-state index in [0.717, 1.165) is 37.3 Å². The van der Waals surface area contributed by atoms with Crippen LogP contribution in [0.25, 0.3) is 0 Å². The molecule has 1 amide bonds. The van der Waals surface area contributed by atoms with Gasteiger partial charge in [0.2, 0.25) is 0 Å². The Balaban J connectivity index is 1.27. The minimum absolute atomic E-state index is 0.150. The topological polar surface area (TPSA) is 28.5 Å². The Hall–Kier alpha value is -2.14. The van der Waals surface area contributed by atoms with Crippen molar-refractivity contribution < 1.29 is 9.18 Å². The molecule has 6 rings (SSSR count). The summed E-state index contributed by atoms with van der Waals surface area (Å²) in [6.07, 6.45) is 10.3. The second-order valence-corrected chi connectivity index (χ2v) is 10.2. The molecule has 4 nitrogen and oxygen atoms in total. The van der Waals surface area contributed by atoms with Crippen molar-refractivity contribution in [2.45, 2.75) is 63.1 Å². The van der Waals surface area contributed by atoms with Gasteiger partial charge in [-0.05, 0) is 86.7 Å². The Bertz CT molecular complexity index is 967. The van der Waals surface area contributed by atoms with Crippen molar-refractivity contribution in [2.75, 3.05) is 19.6 Å². The average Bonchev–Trinajstić information content (AvgIpc) is 3.52. The number of carbonyl (C=O) groups excluding carboxylic acids is 1. The zero-order valence-electron chi connectivity index (χ0n) is 18.1. The number of rotatable bonds is 4. The zero-order chi connectivity index (χ0) is 20.9. The van der Waals surface area contributed by atoms with E-state index in [0.29, 0.717) is 30.0 Å². The molecule has 0 spiro atoms. The first-order valence-electron chi connectivity index (χ1n) is 12.1. The van der Waals surface area contributed by atoms with Crippen LogP contribution in [-0.2, 0) is 6.42 Å². The summed E-state index contributed by atoms with van der Waals surface area (Å²) in [5, 5.41) is 0. The average molecular weight is 422 g/mol. The van der Waals surface area contributed by atoms with E-state index in [1.165, 1.54) is 44.6 Å². The van der Waals surface area contributed by atoms with Crippen LogP contribution in [0.15, 0.2) is 42.6 Å². The number of aromatic nitrogens is 1. The van der Waals surface area contributed by atoms with E-state index in [1.54, 1.807) is 6.07 Å². The molecule has 2 aromatic rings. The van der Waals surface area contributed by atoms with Crippen molar-refractivity contribution in [1.82, 2.24) is 14.4 Å². The summed E-state index contributed by atoms with van der Waals surface area (Å²) < 4.78 is 16.1. The predicted molar refractivity (Wildman–Crippen MR) is 118 cm³/mol. The first-order chi connectivity index (χ1) is 15.2. The third-order valence-corrected chi connectivity index (χ3v) is 8.18. The number of hydrogen-bond acceptors (Lipinski definition) is 2. The summed E-state index contributed by atoms with van der Waals surface area (Å²) >= 11 is 0. The molecule has 0 unspecified atom stereocenters. The molecule has 164 valence electrons. The van der Waals surface area contributed by atoms with E-state index in [1.807, 2.05) is 18.2 Å². The number of amides is 1. The lowest BCUT2D eigenvalue weighted by atomic mass is 9.71. The van der Waals surface area contributed by atoms with Crippen LogP contribution >= 0.6 is 0 Å². The van der Waals surface area contributed by atoms with Crippen LogP contribution in [0.2, 0.25) is 0 Å². The highest BCUT2D eigenvalue weighted by atomic mass is 19.1. The SMILES string of the molecule is O=C(c1cccn1C1CC1)N1C[C@H]2C[C@@H](C1)[C@H](Cc1cccc(F)c1)N1CCCC[C@@H]21. The first-order valence-corrected chi connectivity index (χ1v) is 12.1. The number of piperidine rings is 3. The van der Waals surface area contributed by atoms with E-state index in [4.69, 9.17) is 0 Å². The molecule has 4 atom stereocenters. The van der Waals surface area contributed by atoms with Gasteiger partial charge >= 0.3 is 0 Å². The standard InChI is InChI=1S/C26H32FN3O/c27-21-6-3-5-18(13-21)14-25-20-15-19(23-7-1-2-11-30(23)25)16-28(17-20)26(31)24-8-4-12-29(24)22-9-10-22/h3-6,8,12-13,19-20,22-23,25H,1-2,7,9-11,14-17H2/t19-,20+,23+,25+/m1/s1. The van der Waals surface area contributed by atoms with Crippen molar-refractivity contribution in [3.05, 3.63) is 59.7 Å². The lowest BCUT2D eigenvalue weighted by Gasteiger charge is -2.57. The fourth-order valence-electron chi connectivity index (χ4n) is 6.67. The fourth-order valence-corrected chi connectivity index (χ4v) is 6.67. The summed E-state index contributed by atoms with van der Waals surface area (Å²) in [4.78, 5) is 18.4. The third-order valence-electron chi connectivity index (χ3n) is 8.18. The number of benzene rings is 1. The molecule has 2 bridgehead atoms. The largest absolute Gasteiger partial charge is 0.340 e. The fraction of sp³-hybridized carbons (Fsp3) is 0.577. The maximum absolute atomic E-state index is 13.9. The second kappa shape index (κ2) is 7.77. The van der Waals surface area contributed by atoms with Crippen molar-refractivity contribution in [1.29, 1.82) is 0 Å². The Morgan fingerprint density at radius 1 is 1.03 bits per heavy atom. The lowest BCUT2D eigenvalue weighted by Crippen LogP contribution is -2.64. The predicted octanol–water partition coefficient (Wildman–Crippen LogP) is 4.52. The molecule has 1 aromatic carbocycles. The molecule has 3 saturated heterocycles. The molecule has 1 saturated carbocycles. The monoisotopic (exact) mass is 421 g/mol. The highest BCUT2D eigenvalue weighted by Crippen LogP contribution is 2.43. The van der Waals surface area contributed by atoms with Crippen molar-refractivity contribution in [3.63, 3.8) is 0 Å². The molecular formula is C26H32FN3O. The van der Waals surface area contributed by atoms with Gasteiger partial charge in [-0.15, -0.1) is 0 Å². The van der Waals surface area contributed by atoms with Crippen LogP contribution < -0.4 is 0 Å². The molecule has 0 N–H and O–H groups in total. The van der Waals surface area contributed by atoms with Crippen LogP contribution in [0.3, 0.4) is 0 Å². The van der Waals surface area contributed by atoms with Crippen LogP contribution in [-0.4, -0.2) is 52.0 Å². The van der Waals surface area contributed by atoms with Crippen LogP contribution in [0.5, 0.6) is 0 Å². The number of hydrogen-bond donors (Lipinski definition) is 0. The molecule has 5 heteroatoms. The molecular weight excluding hydrogens is 389 g/mol. The molecule has 3 aliphatic heterocycles. The Morgan fingerprint density at radius 3 is 2.74 bits per heavy atom. The van der Waals surface area contributed by atoms with Crippen LogP contribution in [0, 0.1) is 17.7 Å². The van der Waals surface area contributed by atoms with E-state index in [2.05, 4.69) is 26.6 Å². The lowest BCUT2D eigenvalue weighted by molar-refractivity contribution is -0.0644. The summed E-state index contributed by atoms with van der Waals surface area (Å²) in [6, 6.07) is 12.6. The van der Waals surface area contributed by atoms with Crippen molar-refractivity contribution in [2.24, 2.45) is 11.8 Å². The summed E-state index contributed by atoms with van der Waals surface area (Å²) in [5.74, 6) is 1.09. The van der Waals surface area contributed by atoms with Crippen molar-refractivity contribution in [3.8, 4) is 0 Å². The molecule has 4 aliphatic rings. The van der Waals surface area contributed by atoms with Gasteiger partial charge in [0.1, 0.15) is 11.5 Å². The van der Waals surface area contributed by atoms with Crippen molar-refractivity contribution >= 4 is 5.91 Å². The van der Waals surface area contributed by atoms with Gasteiger partial charge in [-0.2, -0.15) is 0 Å². The number of fused-ring (bicyclic) bond motifs is 4. The summed E-state index contributed by atoms with van der Waals surface area (Å²) in [6.45, 7) is 2.86. The minimum Gasteiger partial charge on any atom is -0.340 e. The van der Waals surface area contributed by atoms with E-state index in [-0.39, 0.29) is 11.7 Å². The van der Waals surface area contributed by atoms with E-state index < -0.39 is 0 Å². The van der Waals surface area contributed by atoms with Gasteiger partial charge in [0, 0.05) is 37.4 Å². The molecule has 0 radical (unpaired) electrons. The first kappa shape index (κ1) is 19.5. The summed E-state index contributed by atoms with van der Waals surface area (Å²) in [5.41, 5.74) is 1.95. The molecule has 4 fully saturated rings. The molecule has 1 aromatic heterocycles. The smallest absolute Gasteiger partial charge is 0.270 e. The van der Waals surface area contributed by atoms with Gasteiger partial charge in [-0.3, -0.25) is 9.69 Å². The van der Waals surface area contributed by atoms with E-state index >= 15 is 0 Å². The van der Waals surface area contributed by atoms with Gasteiger partial charge < -0.3 is 9.47 Å². The Kier molecular flexibility index (Phi) is 4.90. The van der Waals surface area contributed by atoms with Gasteiger partial charge in [0.05, 0.1) is 0 Å². The third kappa shape index (κ3) is 3.61. The normalized spacial score (nSPS) is 30.8. The second-order valence-electron chi connectivity index (χ2n) is 10.2. The van der Waals surface area contributed by atoms with Gasteiger partial charge in [0.25, 0.3) is 5.91 Å². The number of nitrogens with zero attached hydrogens (tertiary/aromatic N) is 3. The Morgan fingerprint density at radius 2 is 1.90 bits per heavy atom. The van der Waals surface area contributed by atoms with Gasteiger partial charge in [-0.25, -0.2) is 4.39 Å². The van der Waals surface area contributed by atoms with Gasteiger partial charge in [0.15, 0.2) is 0 Å². The highest BCUT2D eigenvalue weighted by molar-refractivity contribution is 5.93. The van der Waals surface area contributed by atoms with Crippen LogP contribution in [0.4, 0.5) is 4.39 Å². The minimum atomic E-state index is -0.150. The number of halogens is 1. The van der Waals surface area contributed by atoms with Crippen LogP contribution in [0.1, 0.15) is 60.6 Å².